The number of carbonyl (C=O) groups excluding carboxylic acids is 1. The number of nitriles is 1. The minimum atomic E-state index is -1.10. The fraction of sp³-hybridized carbons (Fsp3) is 0.844. The lowest BCUT2D eigenvalue weighted by Crippen LogP contribution is -2.69. The molecule has 0 spiro atoms. The van der Waals surface area contributed by atoms with Crippen molar-refractivity contribution in [3.63, 3.8) is 0 Å². The molecule has 2 heterocycles. The number of aliphatic hydroxyl groups excluding tert-OH is 1. The van der Waals surface area contributed by atoms with Crippen molar-refractivity contribution >= 4 is 12.2 Å². The van der Waals surface area contributed by atoms with Gasteiger partial charge in [0.25, 0.3) is 0 Å². The monoisotopic (exact) mass is 586 g/mol. The van der Waals surface area contributed by atoms with E-state index in [2.05, 4.69) is 18.0 Å². The van der Waals surface area contributed by atoms with Crippen LogP contribution in [0.15, 0.2) is 16.6 Å². The highest BCUT2D eigenvalue weighted by atomic mass is 16.7. The summed E-state index contributed by atoms with van der Waals surface area (Å²) in [6.07, 6.45) is 7.57. The number of hydrogen-bond donors (Lipinski definition) is 3. The Labute approximate surface area is 248 Å². The number of esters is 1. The van der Waals surface area contributed by atoms with Gasteiger partial charge in [-0.2, -0.15) is 5.26 Å². The van der Waals surface area contributed by atoms with Crippen molar-refractivity contribution in [3.8, 4) is 6.07 Å². The van der Waals surface area contributed by atoms with E-state index < -0.39 is 35.1 Å². The Morgan fingerprint density at radius 1 is 1.17 bits per heavy atom. The van der Waals surface area contributed by atoms with Crippen LogP contribution in [0.25, 0.3) is 0 Å². The minimum absolute atomic E-state index is 0.00544. The highest BCUT2D eigenvalue weighted by molar-refractivity contribution is 5.85. The Morgan fingerprint density at radius 2 is 1.95 bits per heavy atom. The Kier molecular flexibility index (Phi) is 7.85. The van der Waals surface area contributed by atoms with Crippen LogP contribution in [0.5, 0.6) is 0 Å². The predicted octanol–water partition coefficient (Wildman–Crippen LogP) is 2.83. The van der Waals surface area contributed by atoms with Crippen molar-refractivity contribution in [2.45, 2.75) is 120 Å². The van der Waals surface area contributed by atoms with E-state index in [4.69, 9.17) is 18.9 Å². The van der Waals surface area contributed by atoms with Crippen LogP contribution < -0.4 is 0 Å². The zero-order valence-corrected chi connectivity index (χ0v) is 25.0. The van der Waals surface area contributed by atoms with E-state index >= 15 is 0 Å². The number of cyclic esters (lactones) is 1. The molecule has 0 aromatic carbocycles. The smallest absolute Gasteiger partial charge is 0.331 e. The van der Waals surface area contributed by atoms with E-state index in [1.165, 1.54) is 0 Å². The van der Waals surface area contributed by atoms with Crippen molar-refractivity contribution in [2.24, 2.45) is 33.6 Å². The molecule has 42 heavy (non-hydrogen) atoms. The number of aliphatic hydroxyl groups is 3. The van der Waals surface area contributed by atoms with Gasteiger partial charge in [0.2, 0.25) is 0 Å². The van der Waals surface area contributed by atoms with Gasteiger partial charge >= 0.3 is 5.97 Å². The van der Waals surface area contributed by atoms with E-state index in [1.807, 2.05) is 13.1 Å². The SMILES string of the molecule is CO[C@@H]1C[C@H](O[C@H]2CC[C@]3(C=NCC#N)[C@H]4CC[C@]5(C)[C@@H](C6=CC(=O)OC6)CC[C@]5(O)[C@@H]4CC[C@]3(O)C2)O[C@@H](C)[C@@H]1O. The quantitative estimate of drug-likeness (QED) is 0.185. The molecule has 0 bridgehead atoms. The second kappa shape index (κ2) is 10.9. The summed E-state index contributed by atoms with van der Waals surface area (Å²) < 4.78 is 23.1. The molecule has 0 aromatic heterocycles. The van der Waals surface area contributed by atoms with Gasteiger partial charge in [-0.25, -0.2) is 4.79 Å². The number of nitrogens with zero attached hydrogens (tertiary/aromatic N) is 2. The molecule has 10 nitrogen and oxygen atoms in total. The molecule has 3 N–H and O–H groups in total. The molecule has 1 saturated heterocycles. The lowest BCUT2D eigenvalue weighted by Gasteiger charge is -2.66. The maximum Gasteiger partial charge on any atom is 0.331 e. The van der Waals surface area contributed by atoms with Gasteiger partial charge < -0.3 is 34.3 Å². The predicted molar refractivity (Wildman–Crippen MR) is 151 cm³/mol. The number of carbonyl (C=O) groups is 1. The Balaban J connectivity index is 1.26. The standard InChI is InChI=1S/C32H46N2O8/c1-19-28(36)25(39-3)15-27(41-19)42-21-4-9-30(18-34-13-12-33)23-5-8-29(2)22(20-14-26(35)40-17-20)7-11-32(29,38)24(23)6-10-31(30,37)16-21/h14,18-19,21-25,27-28,36-38H,4-11,13,15-17H2,1-3H3/t19-,21-,22+,23-,24+,25+,27-,28-,29+,30-,31-,32-/m0/s1. The van der Waals surface area contributed by atoms with Gasteiger partial charge in [-0.3, -0.25) is 4.99 Å². The first-order chi connectivity index (χ1) is 20.0. The van der Waals surface area contributed by atoms with Crippen molar-refractivity contribution in [1.82, 2.24) is 0 Å². The summed E-state index contributed by atoms with van der Waals surface area (Å²) in [5.41, 5.74) is -2.10. The third-order valence-corrected chi connectivity index (χ3v) is 12.4. The second-order valence-electron chi connectivity index (χ2n) is 14.0. The summed E-state index contributed by atoms with van der Waals surface area (Å²) in [5.74, 6) is -0.229. The Hall–Kier alpha value is -1.87. The van der Waals surface area contributed by atoms with E-state index in [-0.39, 0.29) is 47.9 Å². The largest absolute Gasteiger partial charge is 0.458 e. The lowest BCUT2D eigenvalue weighted by molar-refractivity contribution is -0.284. The molecule has 6 aliphatic rings. The van der Waals surface area contributed by atoms with Crippen molar-refractivity contribution in [2.75, 3.05) is 20.3 Å². The van der Waals surface area contributed by atoms with Crippen LogP contribution >= 0.6 is 0 Å². The van der Waals surface area contributed by atoms with Gasteiger partial charge in [0.05, 0.1) is 35.6 Å². The zero-order chi connectivity index (χ0) is 29.9. The topological polar surface area (TPSA) is 151 Å². The van der Waals surface area contributed by atoms with Gasteiger partial charge in [0, 0.05) is 43.1 Å². The first-order valence-electron chi connectivity index (χ1n) is 15.7. The molecule has 2 aliphatic heterocycles. The van der Waals surface area contributed by atoms with Crippen LogP contribution in [0, 0.1) is 39.9 Å². The molecule has 0 amide bonds. The molecule has 4 aliphatic carbocycles. The number of aliphatic imine (C=N–C) groups is 1. The summed E-state index contributed by atoms with van der Waals surface area (Å²) in [6, 6.07) is 2.11. The highest BCUT2D eigenvalue weighted by Crippen LogP contribution is 2.70. The van der Waals surface area contributed by atoms with E-state index in [0.717, 1.165) is 24.8 Å². The third kappa shape index (κ3) is 4.50. The lowest BCUT2D eigenvalue weighted by atomic mass is 9.41. The van der Waals surface area contributed by atoms with E-state index in [0.29, 0.717) is 51.6 Å². The van der Waals surface area contributed by atoms with Gasteiger partial charge in [-0.05, 0) is 81.6 Å². The molecule has 0 unspecified atom stereocenters. The maximum atomic E-state index is 12.6. The molecule has 0 radical (unpaired) electrons. The normalized spacial score (nSPS) is 50.4. The summed E-state index contributed by atoms with van der Waals surface area (Å²) in [4.78, 5) is 16.4. The van der Waals surface area contributed by atoms with Gasteiger partial charge in [-0.15, -0.1) is 0 Å². The van der Waals surface area contributed by atoms with Crippen molar-refractivity contribution < 1.29 is 39.1 Å². The molecule has 0 aromatic rings. The zero-order valence-electron chi connectivity index (χ0n) is 25.0. The number of fused-ring (bicyclic) bond motifs is 5. The van der Waals surface area contributed by atoms with E-state index in [9.17, 15) is 25.4 Å². The van der Waals surface area contributed by atoms with Crippen LogP contribution in [0.3, 0.4) is 0 Å². The number of methoxy groups -OCH3 is 1. The molecule has 12 atom stereocenters. The molecule has 10 heteroatoms. The second-order valence-corrected chi connectivity index (χ2v) is 14.0. The molecular weight excluding hydrogens is 540 g/mol. The third-order valence-electron chi connectivity index (χ3n) is 12.4. The van der Waals surface area contributed by atoms with Crippen molar-refractivity contribution in [1.29, 1.82) is 5.26 Å². The van der Waals surface area contributed by atoms with Crippen LogP contribution in [-0.4, -0.2) is 89.7 Å². The van der Waals surface area contributed by atoms with Crippen LogP contribution in [-0.2, 0) is 23.7 Å². The first-order valence-corrected chi connectivity index (χ1v) is 15.7. The van der Waals surface area contributed by atoms with Crippen molar-refractivity contribution in [3.05, 3.63) is 11.6 Å². The average molecular weight is 587 g/mol. The van der Waals surface area contributed by atoms with Gasteiger partial charge in [-0.1, -0.05) is 6.92 Å². The first kappa shape index (κ1) is 30.2. The number of rotatable bonds is 6. The molecule has 6 rings (SSSR count). The number of ether oxygens (including phenoxy) is 4. The van der Waals surface area contributed by atoms with Crippen LogP contribution in [0.4, 0.5) is 0 Å². The highest BCUT2D eigenvalue weighted by Gasteiger charge is 2.71. The number of hydrogen-bond acceptors (Lipinski definition) is 10. The van der Waals surface area contributed by atoms with Gasteiger partial charge in [0.15, 0.2) is 6.29 Å². The minimum Gasteiger partial charge on any atom is -0.458 e. The summed E-state index contributed by atoms with van der Waals surface area (Å²) in [7, 11) is 1.58. The van der Waals surface area contributed by atoms with E-state index in [1.54, 1.807) is 13.2 Å². The van der Waals surface area contributed by atoms with Crippen LogP contribution in [0.1, 0.15) is 78.1 Å². The molecule has 232 valence electrons. The molecule has 4 saturated carbocycles. The summed E-state index contributed by atoms with van der Waals surface area (Å²) in [5, 5.41) is 44.7. The fourth-order valence-electron chi connectivity index (χ4n) is 10.3. The maximum absolute atomic E-state index is 12.6. The summed E-state index contributed by atoms with van der Waals surface area (Å²) in [6.45, 7) is 4.32. The Bertz CT molecular complexity index is 1170. The molecule has 5 fully saturated rings. The average Bonchev–Trinajstić information content (AvgIpc) is 3.50. The summed E-state index contributed by atoms with van der Waals surface area (Å²) >= 11 is 0. The molecular formula is C32H46N2O8. The van der Waals surface area contributed by atoms with Crippen LogP contribution in [0.2, 0.25) is 0 Å². The Morgan fingerprint density at radius 3 is 2.67 bits per heavy atom. The van der Waals surface area contributed by atoms with Gasteiger partial charge in [0.1, 0.15) is 19.3 Å². The fourth-order valence-corrected chi connectivity index (χ4v) is 10.3.